The molecule has 17 heteroatoms. The number of likely N-dealkylation sites (tertiary alicyclic amines) is 2. The van der Waals surface area contributed by atoms with Gasteiger partial charge >= 0.3 is 5.97 Å². The largest absolute Gasteiger partial charge is 0.480 e. The Labute approximate surface area is 394 Å². The highest BCUT2D eigenvalue weighted by Crippen LogP contribution is 2.43. The number of nitrogens with zero attached hydrogens (tertiary/aromatic N) is 3. The maximum Gasteiger partial charge on any atom is 0.326 e. The van der Waals surface area contributed by atoms with Crippen LogP contribution in [0.25, 0.3) is 0 Å². The summed E-state index contributed by atoms with van der Waals surface area (Å²) in [7, 11) is 4.71. The molecule has 16 nitrogen and oxygen atoms in total. The average molecular weight is 976 g/mol. The number of unbranched alkanes of at least 4 members (excludes halogenated alkanes) is 2. The lowest BCUT2D eigenvalue weighted by Crippen LogP contribution is -2.60. The van der Waals surface area contributed by atoms with Gasteiger partial charge in [-0.1, -0.05) is 93.7 Å². The van der Waals surface area contributed by atoms with Crippen molar-refractivity contribution in [3.05, 3.63) is 35.9 Å². The van der Waals surface area contributed by atoms with Crippen LogP contribution in [0.1, 0.15) is 111 Å². The fourth-order valence-corrected chi connectivity index (χ4v) is 10.5. The predicted octanol–water partition coefficient (Wildman–Crippen LogP) is 4.31. The molecule has 2 bridgehead atoms. The third-order valence-corrected chi connectivity index (χ3v) is 14.5. The molecule has 4 rings (SSSR count). The lowest BCUT2D eigenvalue weighted by atomic mass is 9.89. The van der Waals surface area contributed by atoms with Gasteiger partial charge in [-0.15, -0.1) is 0 Å². The first-order valence-electron chi connectivity index (χ1n) is 23.6. The van der Waals surface area contributed by atoms with Gasteiger partial charge in [-0.2, -0.15) is 0 Å². The van der Waals surface area contributed by atoms with Crippen LogP contribution in [0.15, 0.2) is 30.3 Å². The normalized spacial score (nSPS) is 22.4. The Morgan fingerprint density at radius 1 is 0.923 bits per heavy atom. The molecular formula is C48H75BrN6O10. The van der Waals surface area contributed by atoms with Crippen LogP contribution >= 0.6 is 15.9 Å². The number of rotatable bonds is 26. The molecule has 0 spiro atoms. The van der Waals surface area contributed by atoms with Gasteiger partial charge in [0.2, 0.25) is 35.4 Å². The van der Waals surface area contributed by atoms with Crippen molar-refractivity contribution < 1.29 is 48.1 Å². The van der Waals surface area contributed by atoms with Crippen LogP contribution in [0.3, 0.4) is 0 Å². The van der Waals surface area contributed by atoms with Crippen molar-refractivity contribution in [3.63, 3.8) is 0 Å². The van der Waals surface area contributed by atoms with Crippen LogP contribution in [0.5, 0.6) is 0 Å². The second kappa shape index (κ2) is 25.7. The van der Waals surface area contributed by atoms with E-state index >= 15 is 0 Å². The molecular weight excluding hydrogens is 900 g/mol. The zero-order chi connectivity index (χ0) is 48.0. The number of fused-ring (bicyclic) bond motifs is 2. The smallest absolute Gasteiger partial charge is 0.326 e. The predicted molar refractivity (Wildman–Crippen MR) is 250 cm³/mol. The molecule has 1 saturated carbocycles. The van der Waals surface area contributed by atoms with Crippen molar-refractivity contribution in [1.82, 2.24) is 30.7 Å². The molecule has 3 fully saturated rings. The minimum atomic E-state index is -1.15. The maximum atomic E-state index is 14.6. The molecule has 11 atom stereocenters. The van der Waals surface area contributed by atoms with Gasteiger partial charge < -0.3 is 45.2 Å². The van der Waals surface area contributed by atoms with Crippen LogP contribution in [-0.4, -0.2) is 149 Å². The molecule has 2 aliphatic heterocycles. The fourth-order valence-electron chi connectivity index (χ4n) is 10.3. The third kappa shape index (κ3) is 14.0. The lowest BCUT2D eigenvalue weighted by molar-refractivity contribution is -0.149. The van der Waals surface area contributed by atoms with Gasteiger partial charge in [-0.05, 0) is 68.3 Å². The molecule has 3 aliphatic rings. The SMILES string of the molecule is CC[C@H](C)[C@@H]([C@@H](CC(=O)N1CCCC1[C@H](OC)[C@@H](C)C(=O)NC(Cc1ccccc1)C(=O)O)OC)N(C)C(=O)C(NC(=O)[C@@H]1[C@H]2CC[C@H](C2)N1C(=O)CCCCCNC(=O)CBr)C(C)C. The molecule has 2 saturated heterocycles. The average Bonchev–Trinajstić information content (AvgIpc) is 4.06. The molecule has 3 unspecified atom stereocenters. The van der Waals surface area contributed by atoms with E-state index in [1.807, 2.05) is 45.9 Å². The van der Waals surface area contributed by atoms with Crippen LogP contribution in [0, 0.1) is 23.7 Å². The van der Waals surface area contributed by atoms with Gasteiger partial charge in [0.25, 0.3) is 0 Å². The Bertz CT molecular complexity index is 1770. The van der Waals surface area contributed by atoms with E-state index in [4.69, 9.17) is 9.47 Å². The number of piperidine rings is 1. The minimum absolute atomic E-state index is 0.00363. The number of carboxylic acid groups (broad SMARTS) is 1. The Balaban J connectivity index is 1.43. The van der Waals surface area contributed by atoms with Crippen LogP contribution in [0.2, 0.25) is 0 Å². The summed E-state index contributed by atoms with van der Waals surface area (Å²) in [5, 5.41) is 18.8. The number of amides is 6. The number of methoxy groups -OCH3 is 2. The molecule has 0 aromatic heterocycles. The van der Waals surface area contributed by atoms with Crippen LogP contribution < -0.4 is 16.0 Å². The van der Waals surface area contributed by atoms with Gasteiger partial charge in [0.1, 0.15) is 18.1 Å². The van der Waals surface area contributed by atoms with Crippen molar-refractivity contribution in [1.29, 1.82) is 0 Å². The van der Waals surface area contributed by atoms with E-state index in [0.29, 0.717) is 45.2 Å². The quantitative estimate of drug-likeness (QED) is 0.0766. The number of hydrogen-bond acceptors (Lipinski definition) is 9. The van der Waals surface area contributed by atoms with E-state index in [-0.39, 0.29) is 71.5 Å². The lowest BCUT2D eigenvalue weighted by Gasteiger charge is -2.41. The Kier molecular flexibility index (Phi) is 21.2. The molecule has 6 amide bonds. The monoisotopic (exact) mass is 974 g/mol. The molecule has 65 heavy (non-hydrogen) atoms. The molecule has 4 N–H and O–H groups in total. The first kappa shape index (κ1) is 53.5. The minimum Gasteiger partial charge on any atom is -0.480 e. The molecule has 1 aromatic rings. The van der Waals surface area contributed by atoms with Gasteiger partial charge in [0.05, 0.1) is 42.0 Å². The number of alkyl halides is 1. The summed E-state index contributed by atoms with van der Waals surface area (Å²) in [6.45, 7) is 10.4. The second-order valence-corrected chi connectivity index (χ2v) is 19.2. The molecule has 2 heterocycles. The van der Waals surface area contributed by atoms with E-state index in [2.05, 4.69) is 31.9 Å². The van der Waals surface area contributed by atoms with Crippen molar-refractivity contribution in [2.45, 2.75) is 160 Å². The zero-order valence-corrected chi connectivity index (χ0v) is 41.3. The van der Waals surface area contributed by atoms with E-state index in [1.54, 1.807) is 40.8 Å². The second-order valence-electron chi connectivity index (χ2n) is 18.7. The fraction of sp³-hybridized carbons (Fsp3) is 0.729. The van der Waals surface area contributed by atoms with E-state index in [1.165, 1.54) is 14.2 Å². The molecule has 1 aromatic carbocycles. The third-order valence-electron chi connectivity index (χ3n) is 14.0. The van der Waals surface area contributed by atoms with E-state index < -0.39 is 60.2 Å². The number of hydrogen-bond donors (Lipinski definition) is 4. The molecule has 364 valence electrons. The van der Waals surface area contributed by atoms with Gasteiger partial charge in [0.15, 0.2) is 0 Å². The first-order valence-corrected chi connectivity index (χ1v) is 24.7. The Morgan fingerprint density at radius 2 is 1.63 bits per heavy atom. The van der Waals surface area contributed by atoms with E-state index in [9.17, 15) is 38.7 Å². The number of carbonyl (C=O) groups excluding carboxylic acids is 6. The highest BCUT2D eigenvalue weighted by molar-refractivity contribution is 9.09. The van der Waals surface area contributed by atoms with Crippen molar-refractivity contribution >= 4 is 57.3 Å². The summed E-state index contributed by atoms with van der Waals surface area (Å²) in [4.78, 5) is 99.2. The topological polar surface area (TPSA) is 204 Å². The van der Waals surface area contributed by atoms with Crippen molar-refractivity contribution in [2.75, 3.05) is 39.7 Å². The summed E-state index contributed by atoms with van der Waals surface area (Å²) in [5.41, 5.74) is 0.772. The maximum absolute atomic E-state index is 14.6. The Morgan fingerprint density at radius 3 is 2.25 bits per heavy atom. The van der Waals surface area contributed by atoms with Crippen LogP contribution in [0.4, 0.5) is 0 Å². The summed E-state index contributed by atoms with van der Waals surface area (Å²) < 4.78 is 12.0. The van der Waals surface area contributed by atoms with Gasteiger partial charge in [0, 0.05) is 53.2 Å². The number of benzene rings is 1. The molecule has 0 radical (unpaired) electrons. The Hall–Kier alpha value is -4.09. The first-order chi connectivity index (χ1) is 31.0. The number of halogens is 1. The number of carboxylic acids is 1. The summed E-state index contributed by atoms with van der Waals surface area (Å²) >= 11 is 3.14. The summed E-state index contributed by atoms with van der Waals surface area (Å²) in [6, 6.07) is 5.36. The van der Waals surface area contributed by atoms with Gasteiger partial charge in [-0.3, -0.25) is 28.8 Å². The number of ether oxygens (including phenoxy) is 2. The van der Waals surface area contributed by atoms with Gasteiger partial charge in [-0.25, -0.2) is 4.79 Å². The highest BCUT2D eigenvalue weighted by Gasteiger charge is 2.52. The summed E-state index contributed by atoms with van der Waals surface area (Å²) in [6.07, 6.45) is 5.50. The summed E-state index contributed by atoms with van der Waals surface area (Å²) in [5.74, 6) is -3.79. The number of aliphatic carboxylic acids is 1. The highest BCUT2D eigenvalue weighted by atomic mass is 79.9. The molecule has 1 aliphatic carbocycles. The van der Waals surface area contributed by atoms with Crippen molar-refractivity contribution in [2.24, 2.45) is 23.7 Å². The van der Waals surface area contributed by atoms with Crippen molar-refractivity contribution in [3.8, 4) is 0 Å². The zero-order valence-electron chi connectivity index (χ0n) is 39.8. The standard InChI is InChI=1S/C48H75BrN6O10/c1-9-30(4)42(37(64-7)27-40(58)54-24-16-19-36(54)44(65-8)31(5)45(59)51-35(48(62)63)25-32-17-12-10-13-18-32)53(6)47(61)41(29(2)3)52-46(60)43-33-21-22-34(26-33)55(43)39(57)20-14-11-15-23-50-38(56)28-49/h10,12-13,17-18,29-31,33-37,41-44H,9,11,14-16,19-28H2,1-8H3,(H,50,56)(H,51,59)(H,52,60)(H,62,63)/t30-,31+,33-,34+,35?,36?,37+,41?,42-,43-,44+/m0/s1. The number of carbonyl (C=O) groups is 7. The number of likely N-dealkylation sites (N-methyl/N-ethyl adjacent to an activating group) is 1. The van der Waals surface area contributed by atoms with Crippen LogP contribution in [-0.2, 0) is 49.5 Å². The number of nitrogens with one attached hydrogen (secondary N) is 3. The van der Waals surface area contributed by atoms with E-state index in [0.717, 1.165) is 37.7 Å².